The summed E-state index contributed by atoms with van der Waals surface area (Å²) in [5.41, 5.74) is -3.29. The number of sulfonamides is 1. The van der Waals surface area contributed by atoms with Crippen LogP contribution in [0.3, 0.4) is 0 Å². The fraction of sp³-hybridized carbons (Fsp3) is 0.133. The van der Waals surface area contributed by atoms with E-state index < -0.39 is 39.2 Å². The van der Waals surface area contributed by atoms with E-state index >= 15 is 0 Å². The molecule has 152 valence electrons. The molecule has 0 bridgehead atoms. The largest absolute Gasteiger partial charge is 0.416 e. The first-order chi connectivity index (χ1) is 12.7. The molecule has 28 heavy (non-hydrogen) atoms. The van der Waals surface area contributed by atoms with Crippen molar-refractivity contribution in [2.75, 3.05) is 10.6 Å². The molecule has 0 radical (unpaired) electrons. The standard InChI is InChI=1S/C15H11F6N3O2S2/c16-14(17,18)8-5-9(15(19,20)21)7-11(6-8)24-13(27)23-10-1-3-12(4-2-10)28(22,25)26/h1-7H,(H2,22,25,26)(H2,23,24,27). The predicted octanol–water partition coefficient (Wildman–Crippen LogP) is 4.18. The molecule has 13 heteroatoms. The van der Waals surface area contributed by atoms with Crippen molar-refractivity contribution in [3.05, 3.63) is 53.6 Å². The maximum atomic E-state index is 12.9. The number of thiocarbonyl (C=S) groups is 1. The summed E-state index contributed by atoms with van der Waals surface area (Å²) in [4.78, 5) is -0.190. The van der Waals surface area contributed by atoms with Gasteiger partial charge in [0.05, 0.1) is 16.0 Å². The molecule has 2 aromatic carbocycles. The molecule has 0 saturated heterocycles. The van der Waals surface area contributed by atoms with Crippen LogP contribution in [0.2, 0.25) is 0 Å². The number of hydrogen-bond donors (Lipinski definition) is 3. The first-order valence-corrected chi connectivity index (χ1v) is 9.12. The molecule has 2 aromatic rings. The zero-order chi connectivity index (χ0) is 21.3. The number of rotatable bonds is 3. The molecule has 0 aliphatic heterocycles. The van der Waals surface area contributed by atoms with Crippen LogP contribution in [0.25, 0.3) is 0 Å². The average molecular weight is 443 g/mol. The molecule has 0 aliphatic rings. The Morgan fingerprint density at radius 1 is 0.821 bits per heavy atom. The molecule has 0 heterocycles. The highest BCUT2D eigenvalue weighted by Gasteiger charge is 2.37. The molecule has 0 fully saturated rings. The molecule has 0 aliphatic carbocycles. The monoisotopic (exact) mass is 443 g/mol. The van der Waals surface area contributed by atoms with Crippen LogP contribution in [-0.2, 0) is 22.4 Å². The highest BCUT2D eigenvalue weighted by Crippen LogP contribution is 2.37. The molecule has 0 aromatic heterocycles. The Hall–Kier alpha value is -2.38. The summed E-state index contributed by atoms with van der Waals surface area (Å²) in [6.45, 7) is 0. The van der Waals surface area contributed by atoms with Crippen LogP contribution in [0.15, 0.2) is 47.4 Å². The molecular weight excluding hydrogens is 432 g/mol. The lowest BCUT2D eigenvalue weighted by molar-refractivity contribution is -0.143. The van der Waals surface area contributed by atoms with Gasteiger partial charge in [0.15, 0.2) is 5.11 Å². The summed E-state index contributed by atoms with van der Waals surface area (Å²) in [5.74, 6) is 0. The molecule has 0 spiro atoms. The van der Waals surface area contributed by atoms with Crippen LogP contribution in [0.5, 0.6) is 0 Å². The van der Waals surface area contributed by atoms with Gasteiger partial charge in [-0.15, -0.1) is 0 Å². The van der Waals surface area contributed by atoms with Gasteiger partial charge < -0.3 is 10.6 Å². The van der Waals surface area contributed by atoms with Crippen molar-refractivity contribution in [3.63, 3.8) is 0 Å². The van der Waals surface area contributed by atoms with Gasteiger partial charge in [-0.3, -0.25) is 0 Å². The third-order valence-electron chi connectivity index (χ3n) is 3.29. The second-order valence-corrected chi connectivity index (χ2v) is 7.41. The minimum absolute atomic E-state index is 0.00631. The summed E-state index contributed by atoms with van der Waals surface area (Å²) in [5, 5.41) is 9.37. The van der Waals surface area contributed by atoms with Crippen molar-refractivity contribution in [2.45, 2.75) is 17.2 Å². The van der Waals surface area contributed by atoms with Crippen molar-refractivity contribution < 1.29 is 34.8 Å². The average Bonchev–Trinajstić information content (AvgIpc) is 2.52. The first kappa shape index (κ1) is 21.9. The SMILES string of the molecule is NS(=O)(=O)c1ccc(NC(=S)Nc2cc(C(F)(F)F)cc(C(F)(F)F)c2)cc1. The lowest BCUT2D eigenvalue weighted by Gasteiger charge is -2.16. The van der Waals surface area contributed by atoms with Crippen molar-refractivity contribution in [2.24, 2.45) is 5.14 Å². The molecule has 4 N–H and O–H groups in total. The minimum atomic E-state index is -4.99. The number of nitrogens with two attached hydrogens (primary N) is 1. The molecule has 0 unspecified atom stereocenters. The second-order valence-electron chi connectivity index (χ2n) is 5.44. The van der Waals surface area contributed by atoms with E-state index in [1.165, 1.54) is 12.1 Å². The third kappa shape index (κ3) is 5.81. The second kappa shape index (κ2) is 7.56. The summed E-state index contributed by atoms with van der Waals surface area (Å²) < 4.78 is 99.4. The van der Waals surface area contributed by atoms with Crippen LogP contribution in [0.4, 0.5) is 37.7 Å². The van der Waals surface area contributed by atoms with Crippen molar-refractivity contribution in [1.82, 2.24) is 0 Å². The fourth-order valence-corrected chi connectivity index (χ4v) is 2.80. The number of alkyl halides is 6. The van der Waals surface area contributed by atoms with E-state index in [1.807, 2.05) is 0 Å². The zero-order valence-corrected chi connectivity index (χ0v) is 15.2. The van der Waals surface area contributed by atoms with Crippen LogP contribution < -0.4 is 15.8 Å². The molecule has 0 atom stereocenters. The Bertz CT molecular complexity index is 954. The first-order valence-electron chi connectivity index (χ1n) is 7.16. The summed E-state index contributed by atoms with van der Waals surface area (Å²) in [6, 6.07) is 5.77. The lowest BCUT2D eigenvalue weighted by Crippen LogP contribution is -2.20. The topological polar surface area (TPSA) is 84.2 Å². The van der Waals surface area contributed by atoms with Gasteiger partial charge in [0.25, 0.3) is 0 Å². The molecule has 0 amide bonds. The maximum Gasteiger partial charge on any atom is 0.416 e. The third-order valence-corrected chi connectivity index (χ3v) is 4.42. The Morgan fingerprint density at radius 2 is 1.25 bits per heavy atom. The Morgan fingerprint density at radius 3 is 1.64 bits per heavy atom. The van der Waals surface area contributed by atoms with Gasteiger partial charge in [-0.1, -0.05) is 0 Å². The number of benzene rings is 2. The van der Waals surface area contributed by atoms with Crippen LogP contribution in [0.1, 0.15) is 11.1 Å². The van der Waals surface area contributed by atoms with Gasteiger partial charge in [0, 0.05) is 11.4 Å². The highest BCUT2D eigenvalue weighted by molar-refractivity contribution is 7.89. The highest BCUT2D eigenvalue weighted by atomic mass is 32.2. The van der Waals surface area contributed by atoms with Crippen molar-refractivity contribution in [1.29, 1.82) is 0 Å². The van der Waals surface area contributed by atoms with Gasteiger partial charge >= 0.3 is 12.4 Å². The lowest BCUT2D eigenvalue weighted by atomic mass is 10.1. The normalized spacial score (nSPS) is 12.5. The number of nitrogens with one attached hydrogen (secondary N) is 2. The number of anilines is 2. The smallest absolute Gasteiger partial charge is 0.332 e. The summed E-state index contributed by atoms with van der Waals surface area (Å²) >= 11 is 4.87. The van der Waals surface area contributed by atoms with Gasteiger partial charge in [-0.2, -0.15) is 26.3 Å². The van der Waals surface area contributed by atoms with E-state index in [9.17, 15) is 34.8 Å². The van der Waals surface area contributed by atoms with Crippen LogP contribution in [-0.4, -0.2) is 13.5 Å². The van der Waals surface area contributed by atoms with Crippen LogP contribution >= 0.6 is 12.2 Å². The van der Waals surface area contributed by atoms with E-state index in [2.05, 4.69) is 10.6 Å². The minimum Gasteiger partial charge on any atom is -0.332 e. The van der Waals surface area contributed by atoms with Gasteiger partial charge in [0.2, 0.25) is 10.0 Å². The maximum absolute atomic E-state index is 12.9. The molecular formula is C15H11F6N3O2S2. The molecule has 0 saturated carbocycles. The van der Waals surface area contributed by atoms with E-state index in [0.717, 1.165) is 12.1 Å². The Balaban J connectivity index is 2.23. The zero-order valence-electron chi connectivity index (χ0n) is 13.5. The fourth-order valence-electron chi connectivity index (χ4n) is 2.05. The molecule has 2 rings (SSSR count). The van der Waals surface area contributed by atoms with Gasteiger partial charge in [0.1, 0.15) is 0 Å². The van der Waals surface area contributed by atoms with Gasteiger partial charge in [-0.25, -0.2) is 13.6 Å². The Labute approximate surface area is 160 Å². The number of hydrogen-bond acceptors (Lipinski definition) is 3. The predicted molar refractivity (Wildman–Crippen MR) is 94.1 cm³/mol. The van der Waals surface area contributed by atoms with Crippen molar-refractivity contribution in [3.8, 4) is 0 Å². The molecule has 5 nitrogen and oxygen atoms in total. The van der Waals surface area contributed by atoms with E-state index in [1.54, 1.807) is 0 Å². The Kier molecular flexibility index (Phi) is 5.92. The van der Waals surface area contributed by atoms with Crippen molar-refractivity contribution >= 4 is 38.7 Å². The van der Waals surface area contributed by atoms with Crippen LogP contribution in [0, 0.1) is 0 Å². The quantitative estimate of drug-likeness (QED) is 0.490. The summed E-state index contributed by atoms with van der Waals surface area (Å²) in [7, 11) is -3.92. The van der Waals surface area contributed by atoms with E-state index in [4.69, 9.17) is 17.4 Å². The van der Waals surface area contributed by atoms with E-state index in [-0.39, 0.29) is 21.8 Å². The number of halogens is 6. The van der Waals surface area contributed by atoms with E-state index in [0.29, 0.717) is 12.1 Å². The summed E-state index contributed by atoms with van der Waals surface area (Å²) in [6.07, 6.45) is -9.98. The van der Waals surface area contributed by atoms with Gasteiger partial charge in [-0.05, 0) is 54.7 Å². The number of primary sulfonamides is 1.